The van der Waals surface area contributed by atoms with Crippen molar-refractivity contribution in [2.45, 2.75) is 12.5 Å². The van der Waals surface area contributed by atoms with Crippen LogP contribution in [0.25, 0.3) is 6.08 Å². The first-order valence-corrected chi connectivity index (χ1v) is 14.1. The zero-order chi connectivity index (χ0) is 24.9. The number of thioether (sulfide) groups is 1. The maximum atomic E-state index is 5.43. The Bertz CT molecular complexity index is 1060. The van der Waals surface area contributed by atoms with Gasteiger partial charge in [0.1, 0.15) is 11.5 Å². The summed E-state index contributed by atoms with van der Waals surface area (Å²) in [5.74, 6) is 4.29. The Kier molecular flexibility index (Phi) is 8.19. The maximum Gasteiger partial charge on any atom is 0.118 e. The van der Waals surface area contributed by atoms with Crippen molar-refractivity contribution >= 4 is 23.5 Å². The van der Waals surface area contributed by atoms with E-state index in [9.17, 15) is 0 Å². The van der Waals surface area contributed by atoms with Crippen LogP contribution in [0.2, 0.25) is 0 Å². The van der Waals surface area contributed by atoms with Crippen molar-refractivity contribution in [3.63, 3.8) is 0 Å². The van der Waals surface area contributed by atoms with Gasteiger partial charge in [-0.1, -0.05) is 24.3 Å². The lowest BCUT2D eigenvalue weighted by atomic mass is 9.87. The van der Waals surface area contributed by atoms with Crippen molar-refractivity contribution in [3.05, 3.63) is 65.2 Å². The average Bonchev–Trinajstić information content (AvgIpc) is 3.29. The van der Waals surface area contributed by atoms with E-state index in [1.165, 1.54) is 48.6 Å². The summed E-state index contributed by atoms with van der Waals surface area (Å²) >= 11 is 2.02. The molecule has 0 aliphatic carbocycles. The second kappa shape index (κ2) is 11.7. The predicted molar refractivity (Wildman–Crippen MR) is 150 cm³/mol. The Balaban J connectivity index is 1.36. The van der Waals surface area contributed by atoms with Gasteiger partial charge < -0.3 is 19.3 Å². The highest BCUT2D eigenvalue weighted by Crippen LogP contribution is 2.43. The molecule has 2 aromatic rings. The Morgan fingerprint density at radius 1 is 0.917 bits per heavy atom. The topological polar surface area (TPSA) is 40.5 Å². The molecule has 2 aromatic carbocycles. The summed E-state index contributed by atoms with van der Waals surface area (Å²) in [7, 11) is 5.65. The van der Waals surface area contributed by atoms with E-state index in [0.29, 0.717) is 5.92 Å². The molecule has 7 heteroatoms. The molecule has 0 bridgehead atoms. The third-order valence-corrected chi connectivity index (χ3v) is 8.66. The van der Waals surface area contributed by atoms with Crippen molar-refractivity contribution in [2.24, 2.45) is 11.0 Å². The fraction of sp³-hybridized carbons (Fsp3) is 0.483. The molecule has 2 saturated heterocycles. The molecule has 2 fully saturated rings. The number of benzene rings is 2. The molecule has 36 heavy (non-hydrogen) atoms. The lowest BCUT2D eigenvalue weighted by molar-refractivity contribution is 0.139. The highest BCUT2D eigenvalue weighted by Gasteiger charge is 2.41. The third kappa shape index (κ3) is 5.74. The van der Waals surface area contributed by atoms with Gasteiger partial charge in [0.05, 0.1) is 26.0 Å². The first kappa shape index (κ1) is 25.2. The molecular formula is C29H38N4O2S. The number of piperazine rings is 1. The summed E-state index contributed by atoms with van der Waals surface area (Å²) in [6.45, 7) is 6.78. The number of rotatable bonds is 8. The van der Waals surface area contributed by atoms with Gasteiger partial charge in [-0.15, -0.1) is 0 Å². The van der Waals surface area contributed by atoms with E-state index in [0.717, 1.165) is 42.5 Å². The minimum atomic E-state index is 0.269. The Morgan fingerprint density at radius 2 is 1.58 bits per heavy atom. The van der Waals surface area contributed by atoms with Crippen LogP contribution in [0.4, 0.5) is 0 Å². The Morgan fingerprint density at radius 3 is 2.25 bits per heavy atom. The fourth-order valence-electron chi connectivity index (χ4n) is 5.41. The van der Waals surface area contributed by atoms with Crippen molar-refractivity contribution in [1.82, 2.24) is 14.8 Å². The minimum Gasteiger partial charge on any atom is -0.497 e. The summed E-state index contributed by atoms with van der Waals surface area (Å²) in [6, 6.07) is 17.2. The number of hydrogen-bond donors (Lipinski definition) is 0. The number of likely N-dealkylation sites (N-methyl/N-ethyl adjacent to an activating group) is 1. The Hall–Kier alpha value is -2.48. The van der Waals surface area contributed by atoms with E-state index in [2.05, 4.69) is 64.3 Å². The maximum absolute atomic E-state index is 5.43. The van der Waals surface area contributed by atoms with Crippen LogP contribution in [-0.4, -0.2) is 92.6 Å². The van der Waals surface area contributed by atoms with E-state index in [4.69, 9.17) is 14.6 Å². The smallest absolute Gasteiger partial charge is 0.118 e. The molecule has 0 aromatic heterocycles. The molecular weight excluding hydrogens is 468 g/mol. The molecule has 6 nitrogen and oxygen atoms in total. The van der Waals surface area contributed by atoms with Crippen LogP contribution in [0, 0.1) is 5.92 Å². The quantitative estimate of drug-likeness (QED) is 0.525. The molecule has 0 N–H and O–H groups in total. The lowest BCUT2D eigenvalue weighted by Crippen LogP contribution is -2.45. The average molecular weight is 507 g/mol. The third-order valence-electron chi connectivity index (χ3n) is 7.55. The summed E-state index contributed by atoms with van der Waals surface area (Å²) in [4.78, 5) is 5.02. The van der Waals surface area contributed by atoms with Gasteiger partial charge in [0.25, 0.3) is 0 Å². The van der Waals surface area contributed by atoms with Gasteiger partial charge in [0, 0.05) is 50.1 Å². The van der Waals surface area contributed by atoms with Gasteiger partial charge in [0.15, 0.2) is 0 Å². The highest BCUT2D eigenvalue weighted by atomic mass is 32.2. The monoisotopic (exact) mass is 506 g/mol. The summed E-state index contributed by atoms with van der Waals surface area (Å²) < 4.78 is 10.8. The van der Waals surface area contributed by atoms with Crippen LogP contribution >= 0.6 is 11.8 Å². The SMILES string of the molecule is COc1ccc(/C=C2/CSCC3C2=NN(CCCN2CCN(C)CC2)C3c2ccc(OC)cc2)cc1. The molecule has 192 valence electrons. The van der Waals surface area contributed by atoms with Crippen molar-refractivity contribution in [3.8, 4) is 11.5 Å². The van der Waals surface area contributed by atoms with Gasteiger partial charge in [-0.2, -0.15) is 16.9 Å². The van der Waals surface area contributed by atoms with Gasteiger partial charge in [-0.25, -0.2) is 0 Å². The summed E-state index contributed by atoms with van der Waals surface area (Å²) in [5.41, 5.74) is 5.14. The molecule has 0 spiro atoms. The summed E-state index contributed by atoms with van der Waals surface area (Å²) in [5, 5.41) is 7.68. The van der Waals surface area contributed by atoms with E-state index in [1.807, 2.05) is 23.9 Å². The normalized spacial score (nSPS) is 24.0. The molecule has 0 radical (unpaired) electrons. The molecule has 2 atom stereocenters. The van der Waals surface area contributed by atoms with Crippen molar-refractivity contribution < 1.29 is 9.47 Å². The minimum absolute atomic E-state index is 0.269. The lowest BCUT2D eigenvalue weighted by Gasteiger charge is -2.33. The Labute approximate surface area is 219 Å². The first-order chi connectivity index (χ1) is 17.6. The molecule has 2 unspecified atom stereocenters. The van der Waals surface area contributed by atoms with Gasteiger partial charge >= 0.3 is 0 Å². The van der Waals surface area contributed by atoms with E-state index < -0.39 is 0 Å². The second-order valence-electron chi connectivity index (χ2n) is 9.93. The van der Waals surface area contributed by atoms with E-state index in [-0.39, 0.29) is 6.04 Å². The van der Waals surface area contributed by atoms with Crippen LogP contribution in [0.5, 0.6) is 11.5 Å². The number of hydrogen-bond acceptors (Lipinski definition) is 7. The standard InChI is InChI=1S/C29H38N4O2S/c1-31-15-17-32(18-16-31)13-4-14-33-29(23-7-11-26(35-3)12-8-23)27-21-36-20-24(28(27)30-33)19-22-5-9-25(34-2)10-6-22/h5-12,19,27,29H,4,13-18,20-21H2,1-3H3/b24-19-. The number of methoxy groups -OCH3 is 2. The van der Waals surface area contributed by atoms with Gasteiger partial charge in [-0.05, 0) is 67.1 Å². The second-order valence-corrected chi connectivity index (χ2v) is 11.0. The van der Waals surface area contributed by atoms with Crippen LogP contribution in [0.1, 0.15) is 23.6 Å². The van der Waals surface area contributed by atoms with Crippen LogP contribution in [0.3, 0.4) is 0 Å². The molecule has 3 aliphatic rings. The van der Waals surface area contributed by atoms with Crippen molar-refractivity contribution in [2.75, 3.05) is 72.0 Å². The zero-order valence-electron chi connectivity index (χ0n) is 21.7. The van der Waals surface area contributed by atoms with Crippen LogP contribution < -0.4 is 9.47 Å². The van der Waals surface area contributed by atoms with E-state index >= 15 is 0 Å². The van der Waals surface area contributed by atoms with Crippen LogP contribution in [-0.2, 0) is 0 Å². The fourth-order valence-corrected chi connectivity index (χ4v) is 6.58. The number of ether oxygens (including phenoxy) is 2. The van der Waals surface area contributed by atoms with Crippen molar-refractivity contribution in [1.29, 1.82) is 0 Å². The van der Waals surface area contributed by atoms with Gasteiger partial charge in [-0.3, -0.25) is 5.01 Å². The number of fused-ring (bicyclic) bond motifs is 1. The summed E-state index contributed by atoms with van der Waals surface area (Å²) in [6.07, 6.45) is 3.45. The highest BCUT2D eigenvalue weighted by molar-refractivity contribution is 7.99. The predicted octanol–water partition coefficient (Wildman–Crippen LogP) is 4.50. The molecule has 3 aliphatic heterocycles. The van der Waals surface area contributed by atoms with E-state index in [1.54, 1.807) is 14.2 Å². The number of hydrazone groups is 1. The molecule has 0 saturated carbocycles. The van der Waals surface area contributed by atoms with Gasteiger partial charge in [0.2, 0.25) is 0 Å². The van der Waals surface area contributed by atoms with Crippen LogP contribution in [0.15, 0.2) is 59.2 Å². The first-order valence-electron chi connectivity index (χ1n) is 13.0. The molecule has 5 rings (SSSR count). The zero-order valence-corrected chi connectivity index (χ0v) is 22.5. The largest absolute Gasteiger partial charge is 0.497 e. The molecule has 3 heterocycles. The number of nitrogens with zero attached hydrogens (tertiary/aromatic N) is 4. The molecule has 0 amide bonds.